The molecule has 0 saturated heterocycles. The van der Waals surface area contributed by atoms with E-state index in [0.717, 1.165) is 6.07 Å². The number of ether oxygens (including phenoxy) is 1. The lowest BCUT2D eigenvalue weighted by Gasteiger charge is -2.09. The van der Waals surface area contributed by atoms with Gasteiger partial charge >= 0.3 is 0 Å². The van der Waals surface area contributed by atoms with Gasteiger partial charge < -0.3 is 4.74 Å². The van der Waals surface area contributed by atoms with E-state index in [0.29, 0.717) is 11.8 Å². The van der Waals surface area contributed by atoms with Gasteiger partial charge in [-0.25, -0.2) is 4.39 Å². The molecule has 2 rings (SSSR count). The summed E-state index contributed by atoms with van der Waals surface area (Å²) < 4.78 is 19.0. The molecule has 0 N–H and O–H groups in total. The van der Waals surface area contributed by atoms with Gasteiger partial charge in [-0.3, -0.25) is 14.9 Å². The van der Waals surface area contributed by atoms with Gasteiger partial charge in [-0.05, 0) is 36.8 Å². The Hall–Kier alpha value is -2.76. The maximum absolute atomic E-state index is 13.7. The molecule has 0 radical (unpaired) electrons. The lowest BCUT2D eigenvalue weighted by molar-refractivity contribution is -0.384. The normalized spacial score (nSPS) is 10.1. The molecule has 6 heteroatoms. The number of aldehydes is 1. The summed E-state index contributed by atoms with van der Waals surface area (Å²) in [6, 6.07) is 7.83. The number of aryl methyl sites for hydroxylation is 1. The number of hydrogen-bond donors (Lipinski definition) is 0. The van der Waals surface area contributed by atoms with E-state index in [2.05, 4.69) is 0 Å². The first-order valence-electron chi connectivity index (χ1n) is 5.69. The number of benzene rings is 2. The molecule has 0 atom stereocenters. The van der Waals surface area contributed by atoms with Gasteiger partial charge in [-0.1, -0.05) is 0 Å². The molecule has 5 nitrogen and oxygen atoms in total. The maximum atomic E-state index is 13.7. The molecule has 0 unspecified atom stereocenters. The first-order chi connectivity index (χ1) is 9.51. The van der Waals surface area contributed by atoms with E-state index in [9.17, 15) is 19.3 Å². The molecule has 0 fully saturated rings. The van der Waals surface area contributed by atoms with Gasteiger partial charge in [0.05, 0.1) is 11.0 Å². The molecule has 0 aromatic heterocycles. The minimum Gasteiger partial charge on any atom is -0.454 e. The van der Waals surface area contributed by atoms with Gasteiger partial charge in [0.1, 0.15) is 12.0 Å². The van der Waals surface area contributed by atoms with Crippen molar-refractivity contribution in [2.75, 3.05) is 0 Å². The van der Waals surface area contributed by atoms with Gasteiger partial charge in [0, 0.05) is 11.6 Å². The number of rotatable bonds is 4. The Kier molecular flexibility index (Phi) is 3.74. The molecule has 102 valence electrons. The highest BCUT2D eigenvalue weighted by Crippen LogP contribution is 2.30. The van der Waals surface area contributed by atoms with Crippen molar-refractivity contribution in [1.82, 2.24) is 0 Å². The number of non-ortho nitro benzene ring substituents is 1. The largest absolute Gasteiger partial charge is 0.454 e. The third kappa shape index (κ3) is 2.80. The number of nitrogens with zero attached hydrogens (tertiary/aromatic N) is 1. The number of hydrogen-bond acceptors (Lipinski definition) is 4. The predicted octanol–water partition coefficient (Wildman–Crippen LogP) is 3.65. The molecule has 0 amide bonds. The third-order valence-electron chi connectivity index (χ3n) is 2.69. The van der Waals surface area contributed by atoms with Crippen LogP contribution in [0.2, 0.25) is 0 Å². The summed E-state index contributed by atoms with van der Waals surface area (Å²) in [6.45, 7) is 1.69. The molecule has 0 aliphatic heterocycles. The average Bonchev–Trinajstić information content (AvgIpc) is 2.42. The van der Waals surface area contributed by atoms with E-state index in [1.807, 2.05) is 0 Å². The molecular formula is C14H10FNO4. The Morgan fingerprint density at radius 1 is 1.20 bits per heavy atom. The van der Waals surface area contributed by atoms with E-state index >= 15 is 0 Å². The predicted molar refractivity (Wildman–Crippen MR) is 69.7 cm³/mol. The summed E-state index contributed by atoms with van der Waals surface area (Å²) in [5, 5.41) is 10.7. The second-order valence-electron chi connectivity index (χ2n) is 4.12. The van der Waals surface area contributed by atoms with Crippen LogP contribution in [0, 0.1) is 22.9 Å². The summed E-state index contributed by atoms with van der Waals surface area (Å²) in [7, 11) is 0. The Morgan fingerprint density at radius 3 is 2.55 bits per heavy atom. The van der Waals surface area contributed by atoms with Gasteiger partial charge in [-0.15, -0.1) is 0 Å². The van der Waals surface area contributed by atoms with Crippen LogP contribution in [0.5, 0.6) is 11.5 Å². The van der Waals surface area contributed by atoms with Crippen molar-refractivity contribution < 1.29 is 18.8 Å². The summed E-state index contributed by atoms with van der Waals surface area (Å²) >= 11 is 0. The lowest BCUT2D eigenvalue weighted by atomic mass is 10.2. The lowest BCUT2D eigenvalue weighted by Crippen LogP contribution is -1.94. The highest BCUT2D eigenvalue weighted by Gasteiger charge is 2.12. The van der Waals surface area contributed by atoms with Crippen molar-refractivity contribution >= 4 is 12.0 Å². The van der Waals surface area contributed by atoms with Crippen LogP contribution in [0.3, 0.4) is 0 Å². The van der Waals surface area contributed by atoms with Gasteiger partial charge in [0.2, 0.25) is 0 Å². The SMILES string of the molecule is Cc1ccc([N+](=O)[O-])cc1Oc1ccc(C=O)cc1F. The number of halogens is 1. The Balaban J connectivity index is 2.36. The van der Waals surface area contributed by atoms with Crippen molar-refractivity contribution in [2.45, 2.75) is 6.92 Å². The van der Waals surface area contributed by atoms with E-state index in [1.165, 1.54) is 30.3 Å². The van der Waals surface area contributed by atoms with Gasteiger partial charge in [0.25, 0.3) is 5.69 Å². The monoisotopic (exact) mass is 275 g/mol. The number of nitro benzene ring substituents is 1. The quantitative estimate of drug-likeness (QED) is 0.485. The number of nitro groups is 1. The molecule has 0 aliphatic carbocycles. The molecule has 0 bridgehead atoms. The first kappa shape index (κ1) is 13.7. The van der Waals surface area contributed by atoms with Crippen LogP contribution >= 0.6 is 0 Å². The molecule has 0 spiro atoms. The maximum Gasteiger partial charge on any atom is 0.273 e. The topological polar surface area (TPSA) is 69.4 Å². The second-order valence-corrected chi connectivity index (χ2v) is 4.12. The van der Waals surface area contributed by atoms with Crippen LogP contribution < -0.4 is 4.74 Å². The highest BCUT2D eigenvalue weighted by molar-refractivity contribution is 5.75. The van der Waals surface area contributed by atoms with Crippen LogP contribution in [0.1, 0.15) is 15.9 Å². The van der Waals surface area contributed by atoms with Crippen molar-refractivity contribution in [3.05, 3.63) is 63.5 Å². The molecule has 0 aliphatic rings. The fourth-order valence-corrected chi connectivity index (χ4v) is 1.60. The summed E-state index contributed by atoms with van der Waals surface area (Å²) in [6.07, 6.45) is 0.519. The van der Waals surface area contributed by atoms with E-state index < -0.39 is 10.7 Å². The van der Waals surface area contributed by atoms with Crippen LogP contribution in [0.15, 0.2) is 36.4 Å². The minimum atomic E-state index is -0.708. The highest BCUT2D eigenvalue weighted by atomic mass is 19.1. The average molecular weight is 275 g/mol. The zero-order valence-electron chi connectivity index (χ0n) is 10.5. The van der Waals surface area contributed by atoms with E-state index in [1.54, 1.807) is 6.92 Å². The van der Waals surface area contributed by atoms with Crippen molar-refractivity contribution in [3.8, 4) is 11.5 Å². The van der Waals surface area contributed by atoms with Crippen molar-refractivity contribution in [1.29, 1.82) is 0 Å². The fourth-order valence-electron chi connectivity index (χ4n) is 1.60. The number of carbonyl (C=O) groups excluding carboxylic acids is 1. The van der Waals surface area contributed by atoms with Crippen molar-refractivity contribution in [3.63, 3.8) is 0 Å². The molecular weight excluding hydrogens is 265 g/mol. The van der Waals surface area contributed by atoms with E-state index in [4.69, 9.17) is 4.74 Å². The first-order valence-corrected chi connectivity index (χ1v) is 5.69. The summed E-state index contributed by atoms with van der Waals surface area (Å²) in [5.74, 6) is -0.614. The number of carbonyl (C=O) groups is 1. The molecule has 2 aromatic rings. The molecule has 0 saturated carbocycles. The minimum absolute atomic E-state index is 0.0980. The standard InChI is InChI=1S/C14H10FNO4/c1-9-2-4-11(16(18)19)7-14(9)20-13-5-3-10(8-17)6-12(13)15/h2-8H,1H3. The van der Waals surface area contributed by atoms with Crippen LogP contribution in [0.25, 0.3) is 0 Å². The fraction of sp³-hybridized carbons (Fsp3) is 0.0714. The third-order valence-corrected chi connectivity index (χ3v) is 2.69. The molecule has 2 aromatic carbocycles. The van der Waals surface area contributed by atoms with Gasteiger partial charge in [0.15, 0.2) is 11.6 Å². The molecule has 20 heavy (non-hydrogen) atoms. The van der Waals surface area contributed by atoms with Crippen LogP contribution in [-0.4, -0.2) is 11.2 Å². The Morgan fingerprint density at radius 2 is 1.95 bits per heavy atom. The van der Waals surface area contributed by atoms with Gasteiger partial charge in [-0.2, -0.15) is 0 Å². The second kappa shape index (κ2) is 5.48. The smallest absolute Gasteiger partial charge is 0.273 e. The van der Waals surface area contributed by atoms with Crippen LogP contribution in [0.4, 0.5) is 10.1 Å². The summed E-state index contributed by atoms with van der Waals surface area (Å²) in [5.41, 5.74) is 0.676. The zero-order chi connectivity index (χ0) is 14.7. The Labute approximate surface area is 113 Å². The van der Waals surface area contributed by atoms with E-state index in [-0.39, 0.29) is 22.7 Å². The zero-order valence-corrected chi connectivity index (χ0v) is 10.5. The van der Waals surface area contributed by atoms with Crippen LogP contribution in [-0.2, 0) is 0 Å². The Bertz CT molecular complexity index is 685. The van der Waals surface area contributed by atoms with Crippen molar-refractivity contribution in [2.24, 2.45) is 0 Å². The molecule has 0 heterocycles. The summed E-state index contributed by atoms with van der Waals surface area (Å²) in [4.78, 5) is 20.7.